The third kappa shape index (κ3) is 3.59. The zero-order valence-electron chi connectivity index (χ0n) is 11.2. The van der Waals surface area contributed by atoms with Crippen LogP contribution in [0.15, 0.2) is 48.9 Å². The summed E-state index contributed by atoms with van der Waals surface area (Å²) in [5.74, 6) is 0. The maximum Gasteiger partial charge on any atom is 0.115 e. The number of nitrogens with zero attached hydrogens (tertiary/aromatic N) is 3. The van der Waals surface area contributed by atoms with Gasteiger partial charge in [0.1, 0.15) is 6.33 Å². The average molecular weight is 256 g/mol. The van der Waals surface area contributed by atoms with Gasteiger partial charge in [-0.3, -0.25) is 4.90 Å². The third-order valence-corrected chi connectivity index (χ3v) is 3.24. The second kappa shape index (κ2) is 6.97. The molecule has 4 heteroatoms. The molecular formula is C15H20N4. The van der Waals surface area contributed by atoms with E-state index in [0.717, 1.165) is 18.8 Å². The van der Waals surface area contributed by atoms with E-state index < -0.39 is 0 Å². The lowest BCUT2D eigenvalue weighted by molar-refractivity contribution is 0.199. The van der Waals surface area contributed by atoms with Crippen molar-refractivity contribution in [2.45, 2.75) is 19.5 Å². The lowest BCUT2D eigenvalue weighted by Crippen LogP contribution is -2.33. The van der Waals surface area contributed by atoms with Gasteiger partial charge in [0.05, 0.1) is 11.7 Å². The van der Waals surface area contributed by atoms with Crippen LogP contribution in [0.3, 0.4) is 0 Å². The Kier molecular flexibility index (Phi) is 5.01. The number of hydrogen-bond acceptors (Lipinski definition) is 4. The maximum absolute atomic E-state index is 5.93. The summed E-state index contributed by atoms with van der Waals surface area (Å²) in [6.07, 6.45) is 3.34. The van der Waals surface area contributed by atoms with E-state index in [0.29, 0.717) is 6.54 Å². The van der Waals surface area contributed by atoms with Crippen LogP contribution in [-0.2, 0) is 6.54 Å². The number of hydrogen-bond donors (Lipinski definition) is 1. The highest BCUT2D eigenvalue weighted by atomic mass is 15.2. The summed E-state index contributed by atoms with van der Waals surface area (Å²) in [5.41, 5.74) is 8.20. The van der Waals surface area contributed by atoms with Crippen LogP contribution in [0.4, 0.5) is 0 Å². The lowest BCUT2D eigenvalue weighted by Gasteiger charge is -2.29. The Bertz CT molecular complexity index is 472. The third-order valence-electron chi connectivity index (χ3n) is 3.24. The van der Waals surface area contributed by atoms with E-state index in [1.807, 2.05) is 12.1 Å². The molecule has 1 heterocycles. The molecule has 0 fully saturated rings. The van der Waals surface area contributed by atoms with Gasteiger partial charge in [-0.05, 0) is 18.2 Å². The summed E-state index contributed by atoms with van der Waals surface area (Å²) in [7, 11) is 0. The number of rotatable bonds is 6. The van der Waals surface area contributed by atoms with Crippen molar-refractivity contribution in [3.63, 3.8) is 0 Å². The van der Waals surface area contributed by atoms with Gasteiger partial charge in [0, 0.05) is 19.3 Å². The second-order valence-corrected chi connectivity index (χ2v) is 4.43. The first-order valence-electron chi connectivity index (χ1n) is 6.59. The molecular weight excluding hydrogens is 236 g/mol. The molecule has 2 rings (SSSR count). The molecule has 1 unspecified atom stereocenters. The molecule has 19 heavy (non-hydrogen) atoms. The molecule has 2 aromatic rings. The largest absolute Gasteiger partial charge is 0.329 e. The van der Waals surface area contributed by atoms with E-state index in [1.54, 1.807) is 12.5 Å². The average Bonchev–Trinajstić information content (AvgIpc) is 2.49. The Labute approximate surface area is 114 Å². The predicted molar refractivity (Wildman–Crippen MR) is 76.4 cm³/mol. The summed E-state index contributed by atoms with van der Waals surface area (Å²) in [5, 5.41) is 0. The first-order chi connectivity index (χ1) is 9.35. The first kappa shape index (κ1) is 13.6. The minimum atomic E-state index is 0.133. The molecule has 0 radical (unpaired) electrons. The van der Waals surface area contributed by atoms with Crippen molar-refractivity contribution in [2.75, 3.05) is 13.1 Å². The highest BCUT2D eigenvalue weighted by Crippen LogP contribution is 2.19. The van der Waals surface area contributed by atoms with Crippen LogP contribution in [0.1, 0.15) is 24.2 Å². The predicted octanol–water partition coefficient (Wildman–Crippen LogP) is 2.00. The molecule has 1 aromatic heterocycles. The number of likely N-dealkylation sites (N-methyl/N-ethyl adjacent to an activating group) is 1. The van der Waals surface area contributed by atoms with Crippen LogP contribution in [0.25, 0.3) is 0 Å². The summed E-state index contributed by atoms with van der Waals surface area (Å²) in [4.78, 5) is 10.6. The zero-order valence-corrected chi connectivity index (χ0v) is 11.2. The summed E-state index contributed by atoms with van der Waals surface area (Å²) in [6, 6.07) is 12.5. The molecule has 0 bridgehead atoms. The van der Waals surface area contributed by atoms with Gasteiger partial charge in [0.15, 0.2) is 0 Å². The molecule has 1 aromatic carbocycles. The van der Waals surface area contributed by atoms with Gasteiger partial charge in [0.25, 0.3) is 0 Å². The quantitative estimate of drug-likeness (QED) is 0.859. The second-order valence-electron chi connectivity index (χ2n) is 4.43. The number of aromatic nitrogens is 2. The number of benzene rings is 1. The molecule has 0 saturated heterocycles. The van der Waals surface area contributed by atoms with Crippen molar-refractivity contribution < 1.29 is 0 Å². The summed E-state index contributed by atoms with van der Waals surface area (Å²) < 4.78 is 0. The molecule has 0 aliphatic rings. The summed E-state index contributed by atoms with van der Waals surface area (Å²) >= 11 is 0. The van der Waals surface area contributed by atoms with E-state index in [1.165, 1.54) is 5.56 Å². The van der Waals surface area contributed by atoms with Gasteiger partial charge in [-0.2, -0.15) is 0 Å². The molecule has 0 amide bonds. The maximum atomic E-state index is 5.93. The van der Waals surface area contributed by atoms with Crippen molar-refractivity contribution in [3.8, 4) is 0 Å². The molecule has 0 spiro atoms. The highest BCUT2D eigenvalue weighted by Gasteiger charge is 2.18. The van der Waals surface area contributed by atoms with Crippen molar-refractivity contribution in [1.82, 2.24) is 14.9 Å². The standard InChI is InChI=1S/C15H20N4/c1-2-19(11-13-6-4-3-5-7-13)15(10-16)14-8-9-17-12-18-14/h3-9,12,15H,2,10-11,16H2,1H3. The first-order valence-corrected chi connectivity index (χ1v) is 6.59. The molecule has 100 valence electrons. The molecule has 1 atom stereocenters. The van der Waals surface area contributed by atoms with Gasteiger partial charge >= 0.3 is 0 Å². The smallest absolute Gasteiger partial charge is 0.115 e. The highest BCUT2D eigenvalue weighted by molar-refractivity contribution is 5.15. The molecule has 0 aliphatic heterocycles. The van der Waals surface area contributed by atoms with Gasteiger partial charge in [-0.1, -0.05) is 37.3 Å². The fourth-order valence-electron chi connectivity index (χ4n) is 2.22. The fourth-order valence-corrected chi connectivity index (χ4v) is 2.22. The van der Waals surface area contributed by atoms with Crippen LogP contribution >= 0.6 is 0 Å². The van der Waals surface area contributed by atoms with Crippen LogP contribution in [0.2, 0.25) is 0 Å². The van der Waals surface area contributed by atoms with Gasteiger partial charge < -0.3 is 5.73 Å². The SMILES string of the molecule is CCN(Cc1ccccc1)C(CN)c1ccncn1. The Balaban J connectivity index is 2.15. The molecule has 0 aliphatic carbocycles. The Hall–Kier alpha value is -1.78. The van der Waals surface area contributed by atoms with Crippen LogP contribution in [-0.4, -0.2) is 28.0 Å². The number of nitrogens with two attached hydrogens (primary N) is 1. The molecule has 0 saturated carbocycles. The normalized spacial score (nSPS) is 12.6. The van der Waals surface area contributed by atoms with E-state index in [-0.39, 0.29) is 6.04 Å². The van der Waals surface area contributed by atoms with Gasteiger partial charge in [-0.25, -0.2) is 9.97 Å². The van der Waals surface area contributed by atoms with E-state index in [4.69, 9.17) is 5.73 Å². The minimum absolute atomic E-state index is 0.133. The minimum Gasteiger partial charge on any atom is -0.329 e. The molecule has 4 nitrogen and oxygen atoms in total. The topological polar surface area (TPSA) is 55.0 Å². The van der Waals surface area contributed by atoms with Crippen molar-refractivity contribution in [3.05, 3.63) is 60.2 Å². The van der Waals surface area contributed by atoms with Crippen LogP contribution in [0.5, 0.6) is 0 Å². The van der Waals surface area contributed by atoms with Crippen molar-refractivity contribution in [1.29, 1.82) is 0 Å². The Morgan fingerprint density at radius 2 is 2.00 bits per heavy atom. The zero-order chi connectivity index (χ0) is 13.5. The van der Waals surface area contributed by atoms with E-state index >= 15 is 0 Å². The fraction of sp³-hybridized carbons (Fsp3) is 0.333. The summed E-state index contributed by atoms with van der Waals surface area (Å²) in [6.45, 7) is 4.51. The van der Waals surface area contributed by atoms with Gasteiger partial charge in [0.2, 0.25) is 0 Å². The van der Waals surface area contributed by atoms with E-state index in [9.17, 15) is 0 Å². The van der Waals surface area contributed by atoms with E-state index in [2.05, 4.69) is 46.1 Å². The van der Waals surface area contributed by atoms with Crippen molar-refractivity contribution >= 4 is 0 Å². The van der Waals surface area contributed by atoms with Gasteiger partial charge in [-0.15, -0.1) is 0 Å². The monoisotopic (exact) mass is 256 g/mol. The Morgan fingerprint density at radius 3 is 2.58 bits per heavy atom. The molecule has 2 N–H and O–H groups in total. The Morgan fingerprint density at radius 1 is 1.21 bits per heavy atom. The van der Waals surface area contributed by atoms with Crippen LogP contribution in [0, 0.1) is 0 Å². The lowest BCUT2D eigenvalue weighted by atomic mass is 10.1. The van der Waals surface area contributed by atoms with Crippen LogP contribution < -0.4 is 5.73 Å². The van der Waals surface area contributed by atoms with Crippen molar-refractivity contribution in [2.24, 2.45) is 5.73 Å².